The molecule has 0 fully saturated rings. The van der Waals surface area contributed by atoms with Crippen LogP contribution in [-0.2, 0) is 0 Å². The van der Waals surface area contributed by atoms with E-state index in [4.69, 9.17) is 0 Å². The summed E-state index contributed by atoms with van der Waals surface area (Å²) in [7, 11) is 2.06. The fourth-order valence-electron chi connectivity index (χ4n) is 2.20. The summed E-state index contributed by atoms with van der Waals surface area (Å²) in [6.45, 7) is 6.93. The maximum Gasteiger partial charge on any atom is 0.0343 e. The molecule has 0 bridgehead atoms. The van der Waals surface area contributed by atoms with Gasteiger partial charge in [0.2, 0.25) is 0 Å². The van der Waals surface area contributed by atoms with Crippen LogP contribution in [0.3, 0.4) is 0 Å². The molecule has 2 atom stereocenters. The topological polar surface area (TPSA) is 12.0 Å². The molecule has 1 N–H and O–H groups in total. The van der Waals surface area contributed by atoms with E-state index in [1.54, 1.807) is 0 Å². The average Bonchev–Trinajstić information content (AvgIpc) is 2.29. The van der Waals surface area contributed by atoms with Gasteiger partial charge in [0.25, 0.3) is 0 Å². The molecule has 1 rings (SSSR count). The van der Waals surface area contributed by atoms with Crippen LogP contribution >= 0.6 is 0 Å². The Morgan fingerprint density at radius 3 is 2.12 bits per heavy atom. The molecule has 0 aromatic heterocycles. The number of nitrogens with one attached hydrogen (secondary N) is 1. The van der Waals surface area contributed by atoms with Crippen LogP contribution in [0.4, 0.5) is 0 Å². The third kappa shape index (κ3) is 3.97. The number of hydrogen-bond acceptors (Lipinski definition) is 1. The highest BCUT2D eigenvalue weighted by Gasteiger charge is 2.17. The fraction of sp³-hybridized carbons (Fsp3) is 0.600. The van der Waals surface area contributed by atoms with E-state index in [1.165, 1.54) is 18.4 Å². The molecular formula is C15H25N. The zero-order valence-electron chi connectivity index (χ0n) is 11.0. The third-order valence-corrected chi connectivity index (χ3v) is 3.24. The van der Waals surface area contributed by atoms with Crippen molar-refractivity contribution in [2.24, 2.45) is 11.8 Å². The first-order valence-electron chi connectivity index (χ1n) is 6.37. The molecule has 1 aromatic carbocycles. The molecular weight excluding hydrogens is 194 g/mol. The van der Waals surface area contributed by atoms with Crippen molar-refractivity contribution >= 4 is 0 Å². The Morgan fingerprint density at radius 2 is 1.62 bits per heavy atom. The monoisotopic (exact) mass is 219 g/mol. The van der Waals surface area contributed by atoms with Crippen LogP contribution < -0.4 is 5.32 Å². The predicted molar refractivity (Wildman–Crippen MR) is 71.5 cm³/mol. The Bertz CT molecular complexity index is 279. The molecule has 0 amide bonds. The Morgan fingerprint density at radius 1 is 1.00 bits per heavy atom. The van der Waals surface area contributed by atoms with Crippen LogP contribution in [0.25, 0.3) is 0 Å². The molecule has 0 aliphatic rings. The Balaban J connectivity index is 2.60. The van der Waals surface area contributed by atoms with Gasteiger partial charge in [0.15, 0.2) is 0 Å². The molecule has 16 heavy (non-hydrogen) atoms. The highest BCUT2D eigenvalue weighted by molar-refractivity contribution is 5.19. The van der Waals surface area contributed by atoms with Crippen LogP contribution in [-0.4, -0.2) is 7.05 Å². The van der Waals surface area contributed by atoms with E-state index >= 15 is 0 Å². The highest BCUT2D eigenvalue weighted by atomic mass is 14.9. The van der Waals surface area contributed by atoms with Crippen molar-refractivity contribution in [1.82, 2.24) is 5.32 Å². The van der Waals surface area contributed by atoms with Crippen molar-refractivity contribution in [1.29, 1.82) is 0 Å². The van der Waals surface area contributed by atoms with Crippen molar-refractivity contribution in [2.75, 3.05) is 7.05 Å². The fourth-order valence-corrected chi connectivity index (χ4v) is 2.20. The minimum atomic E-state index is 0.486. The van der Waals surface area contributed by atoms with Gasteiger partial charge in [-0.2, -0.15) is 0 Å². The number of rotatable bonds is 6. The quantitative estimate of drug-likeness (QED) is 0.762. The van der Waals surface area contributed by atoms with Gasteiger partial charge in [0.05, 0.1) is 0 Å². The van der Waals surface area contributed by atoms with E-state index < -0.39 is 0 Å². The van der Waals surface area contributed by atoms with Gasteiger partial charge in [-0.05, 0) is 30.9 Å². The largest absolute Gasteiger partial charge is 0.313 e. The summed E-state index contributed by atoms with van der Waals surface area (Å²) in [5, 5.41) is 3.44. The maximum absolute atomic E-state index is 3.44. The van der Waals surface area contributed by atoms with Crippen molar-refractivity contribution in [3.63, 3.8) is 0 Å². The molecule has 0 heterocycles. The molecule has 0 aliphatic heterocycles. The summed E-state index contributed by atoms with van der Waals surface area (Å²) >= 11 is 0. The van der Waals surface area contributed by atoms with Crippen LogP contribution in [0.5, 0.6) is 0 Å². The van der Waals surface area contributed by atoms with E-state index in [-0.39, 0.29) is 0 Å². The standard InChI is InChI=1S/C15H25N/c1-12(2)10-11-13(3)15(16-4)14-8-6-5-7-9-14/h5-9,12-13,15-16H,10-11H2,1-4H3. The van der Waals surface area contributed by atoms with Crippen LogP contribution in [0.2, 0.25) is 0 Å². The van der Waals surface area contributed by atoms with Crippen LogP contribution in [0, 0.1) is 11.8 Å². The Hall–Kier alpha value is -0.820. The van der Waals surface area contributed by atoms with E-state index in [1.807, 2.05) is 0 Å². The summed E-state index contributed by atoms with van der Waals surface area (Å²) in [6.07, 6.45) is 2.60. The first-order valence-corrected chi connectivity index (χ1v) is 6.37. The van der Waals surface area contributed by atoms with Gasteiger partial charge in [0.1, 0.15) is 0 Å². The minimum Gasteiger partial charge on any atom is -0.313 e. The van der Waals surface area contributed by atoms with Crippen molar-refractivity contribution in [3.8, 4) is 0 Å². The van der Waals surface area contributed by atoms with Gasteiger partial charge >= 0.3 is 0 Å². The lowest BCUT2D eigenvalue weighted by Gasteiger charge is -2.24. The van der Waals surface area contributed by atoms with Gasteiger partial charge in [0, 0.05) is 6.04 Å². The van der Waals surface area contributed by atoms with Gasteiger partial charge < -0.3 is 5.32 Å². The second kappa shape index (κ2) is 6.70. The Labute approximate surface area is 100 Å². The van der Waals surface area contributed by atoms with Crippen LogP contribution in [0.1, 0.15) is 45.2 Å². The first kappa shape index (κ1) is 13.2. The lowest BCUT2D eigenvalue weighted by Crippen LogP contribution is -2.23. The second-order valence-electron chi connectivity index (χ2n) is 5.13. The van der Waals surface area contributed by atoms with Crippen molar-refractivity contribution in [3.05, 3.63) is 35.9 Å². The second-order valence-corrected chi connectivity index (χ2v) is 5.13. The summed E-state index contributed by atoms with van der Waals surface area (Å²) in [5.74, 6) is 1.49. The van der Waals surface area contributed by atoms with Gasteiger partial charge in [-0.1, -0.05) is 57.5 Å². The van der Waals surface area contributed by atoms with Crippen LogP contribution in [0.15, 0.2) is 30.3 Å². The lowest BCUT2D eigenvalue weighted by atomic mass is 9.89. The van der Waals surface area contributed by atoms with E-state index in [9.17, 15) is 0 Å². The van der Waals surface area contributed by atoms with E-state index in [0.717, 1.165) is 5.92 Å². The molecule has 0 saturated heterocycles. The van der Waals surface area contributed by atoms with Gasteiger partial charge in [-0.25, -0.2) is 0 Å². The normalized spacial score (nSPS) is 15.1. The van der Waals surface area contributed by atoms with E-state index in [0.29, 0.717) is 12.0 Å². The lowest BCUT2D eigenvalue weighted by molar-refractivity contribution is 0.356. The summed E-state index contributed by atoms with van der Waals surface area (Å²) in [5.41, 5.74) is 1.40. The summed E-state index contributed by atoms with van der Waals surface area (Å²) in [4.78, 5) is 0. The van der Waals surface area contributed by atoms with Crippen molar-refractivity contribution in [2.45, 2.75) is 39.7 Å². The highest BCUT2D eigenvalue weighted by Crippen LogP contribution is 2.26. The molecule has 0 saturated carbocycles. The molecule has 1 aromatic rings. The molecule has 0 radical (unpaired) electrons. The predicted octanol–water partition coefficient (Wildman–Crippen LogP) is 4.02. The smallest absolute Gasteiger partial charge is 0.0343 e. The molecule has 90 valence electrons. The minimum absolute atomic E-state index is 0.486. The average molecular weight is 219 g/mol. The molecule has 1 nitrogen and oxygen atoms in total. The number of hydrogen-bond donors (Lipinski definition) is 1. The zero-order valence-corrected chi connectivity index (χ0v) is 11.0. The molecule has 0 spiro atoms. The Kier molecular flexibility index (Phi) is 5.54. The molecule has 2 unspecified atom stereocenters. The first-order chi connectivity index (χ1) is 7.65. The third-order valence-electron chi connectivity index (χ3n) is 3.24. The molecule has 1 heteroatoms. The number of benzene rings is 1. The molecule has 0 aliphatic carbocycles. The van der Waals surface area contributed by atoms with Gasteiger partial charge in [-0.3, -0.25) is 0 Å². The van der Waals surface area contributed by atoms with Gasteiger partial charge in [-0.15, -0.1) is 0 Å². The maximum atomic E-state index is 3.44. The van der Waals surface area contributed by atoms with Crippen molar-refractivity contribution < 1.29 is 0 Å². The SMILES string of the molecule is CNC(c1ccccc1)C(C)CCC(C)C. The summed E-state index contributed by atoms with van der Waals surface area (Å²) in [6, 6.07) is 11.2. The van der Waals surface area contributed by atoms with E-state index in [2.05, 4.69) is 63.5 Å². The zero-order chi connectivity index (χ0) is 12.0. The summed E-state index contributed by atoms with van der Waals surface area (Å²) < 4.78 is 0.